The van der Waals surface area contributed by atoms with E-state index >= 15 is 0 Å². The molecule has 1 aromatic carbocycles. The summed E-state index contributed by atoms with van der Waals surface area (Å²) >= 11 is 0. The first-order valence-corrected chi connectivity index (χ1v) is 7.35. The van der Waals surface area contributed by atoms with Crippen molar-refractivity contribution < 1.29 is 4.74 Å². The molecule has 1 fully saturated rings. The molecule has 108 valence electrons. The third-order valence-corrected chi connectivity index (χ3v) is 3.79. The number of hydrogen-bond donors (Lipinski definition) is 0. The van der Waals surface area contributed by atoms with Crippen LogP contribution >= 0.6 is 0 Å². The fourth-order valence-corrected chi connectivity index (χ4v) is 2.42. The summed E-state index contributed by atoms with van der Waals surface area (Å²) < 4.78 is 5.76. The van der Waals surface area contributed by atoms with Crippen LogP contribution in [0.15, 0.2) is 24.3 Å². The van der Waals surface area contributed by atoms with Gasteiger partial charge in [0.05, 0.1) is 12.5 Å². The van der Waals surface area contributed by atoms with Gasteiger partial charge in [-0.05, 0) is 24.2 Å². The fourth-order valence-electron chi connectivity index (χ4n) is 2.42. The Morgan fingerprint density at radius 2 is 1.75 bits per heavy atom. The van der Waals surface area contributed by atoms with Crippen LogP contribution in [0.2, 0.25) is 0 Å². The van der Waals surface area contributed by atoms with E-state index in [-0.39, 0.29) is 0 Å². The summed E-state index contributed by atoms with van der Waals surface area (Å²) in [7, 11) is 0. The highest BCUT2D eigenvalue weighted by Crippen LogP contribution is 2.12. The minimum absolute atomic E-state index is 0.460. The molecule has 1 aliphatic rings. The van der Waals surface area contributed by atoms with Gasteiger partial charge in [-0.15, -0.1) is 0 Å². The number of ether oxygens (including phenoxy) is 1. The molecule has 4 nitrogen and oxygen atoms in total. The molecule has 1 heterocycles. The normalized spacial score (nSPS) is 16.8. The van der Waals surface area contributed by atoms with Gasteiger partial charge in [-0.2, -0.15) is 5.26 Å². The van der Waals surface area contributed by atoms with Crippen molar-refractivity contribution in [3.63, 3.8) is 0 Å². The first-order valence-electron chi connectivity index (χ1n) is 7.35. The van der Waals surface area contributed by atoms with Gasteiger partial charge in [0.1, 0.15) is 12.4 Å². The Labute approximate surface area is 121 Å². The van der Waals surface area contributed by atoms with Crippen molar-refractivity contribution in [2.75, 3.05) is 45.9 Å². The van der Waals surface area contributed by atoms with E-state index in [1.807, 2.05) is 24.3 Å². The SMILES string of the molecule is CCN1CCN(CCOc2ccc(CC#N)cc2)CC1. The Hall–Kier alpha value is -1.57. The van der Waals surface area contributed by atoms with E-state index in [4.69, 9.17) is 10.00 Å². The second kappa shape index (κ2) is 7.88. The van der Waals surface area contributed by atoms with Gasteiger partial charge in [0.25, 0.3) is 0 Å². The molecular formula is C16H23N3O. The predicted molar refractivity (Wildman–Crippen MR) is 79.8 cm³/mol. The quantitative estimate of drug-likeness (QED) is 0.792. The van der Waals surface area contributed by atoms with E-state index in [2.05, 4.69) is 22.8 Å². The summed E-state index contributed by atoms with van der Waals surface area (Å²) in [5.74, 6) is 0.888. The zero-order chi connectivity index (χ0) is 14.2. The number of piperazine rings is 1. The van der Waals surface area contributed by atoms with Crippen LogP contribution in [-0.2, 0) is 6.42 Å². The maximum atomic E-state index is 8.62. The average molecular weight is 273 g/mol. The van der Waals surface area contributed by atoms with Crippen molar-refractivity contribution >= 4 is 0 Å². The Morgan fingerprint density at radius 1 is 1.10 bits per heavy atom. The lowest BCUT2D eigenvalue weighted by atomic mass is 10.2. The van der Waals surface area contributed by atoms with E-state index in [1.165, 1.54) is 13.1 Å². The highest BCUT2D eigenvalue weighted by atomic mass is 16.5. The summed E-state index contributed by atoms with van der Waals surface area (Å²) in [6, 6.07) is 9.95. The fraction of sp³-hybridized carbons (Fsp3) is 0.562. The monoisotopic (exact) mass is 273 g/mol. The number of nitriles is 1. The molecule has 0 atom stereocenters. The molecule has 0 unspecified atom stereocenters. The van der Waals surface area contributed by atoms with Crippen molar-refractivity contribution in [1.29, 1.82) is 5.26 Å². The van der Waals surface area contributed by atoms with Crippen molar-refractivity contribution in [3.05, 3.63) is 29.8 Å². The number of benzene rings is 1. The predicted octanol–water partition coefficient (Wildman–Crippen LogP) is 1.77. The van der Waals surface area contributed by atoms with Crippen molar-refractivity contribution in [2.45, 2.75) is 13.3 Å². The zero-order valence-electron chi connectivity index (χ0n) is 12.2. The molecule has 4 heteroatoms. The average Bonchev–Trinajstić information content (AvgIpc) is 2.50. The van der Waals surface area contributed by atoms with E-state index in [0.717, 1.165) is 44.1 Å². The molecule has 2 rings (SSSR count). The van der Waals surface area contributed by atoms with Crippen molar-refractivity contribution in [1.82, 2.24) is 9.80 Å². The number of nitrogens with zero attached hydrogens (tertiary/aromatic N) is 3. The second-order valence-corrected chi connectivity index (χ2v) is 5.10. The summed E-state index contributed by atoms with van der Waals surface area (Å²) in [5.41, 5.74) is 1.04. The zero-order valence-corrected chi connectivity index (χ0v) is 12.2. The number of likely N-dealkylation sites (N-methyl/N-ethyl adjacent to an activating group) is 1. The molecule has 0 radical (unpaired) electrons. The molecule has 0 saturated carbocycles. The maximum absolute atomic E-state index is 8.62. The van der Waals surface area contributed by atoms with Crippen molar-refractivity contribution in [3.8, 4) is 11.8 Å². The molecule has 0 bridgehead atoms. The van der Waals surface area contributed by atoms with Gasteiger partial charge in [0.2, 0.25) is 0 Å². The molecule has 1 saturated heterocycles. The minimum atomic E-state index is 0.460. The van der Waals surface area contributed by atoms with Crippen LogP contribution in [0.5, 0.6) is 5.75 Å². The second-order valence-electron chi connectivity index (χ2n) is 5.10. The van der Waals surface area contributed by atoms with Crippen LogP contribution in [0.25, 0.3) is 0 Å². The lowest BCUT2D eigenvalue weighted by Crippen LogP contribution is -2.47. The van der Waals surface area contributed by atoms with Gasteiger partial charge in [-0.3, -0.25) is 4.90 Å². The Bertz CT molecular complexity index is 430. The van der Waals surface area contributed by atoms with Gasteiger partial charge in [-0.1, -0.05) is 19.1 Å². The molecule has 20 heavy (non-hydrogen) atoms. The van der Waals surface area contributed by atoms with Gasteiger partial charge in [0.15, 0.2) is 0 Å². The van der Waals surface area contributed by atoms with Gasteiger partial charge in [0, 0.05) is 32.7 Å². The third kappa shape index (κ3) is 4.52. The molecular weight excluding hydrogens is 250 g/mol. The summed E-state index contributed by atoms with van der Waals surface area (Å²) in [6.45, 7) is 9.69. The molecule has 1 aromatic rings. The van der Waals surface area contributed by atoms with Crippen LogP contribution in [0.3, 0.4) is 0 Å². The summed E-state index contributed by atoms with van der Waals surface area (Å²) in [5, 5.41) is 8.62. The molecule has 0 amide bonds. The van der Waals surface area contributed by atoms with E-state index in [9.17, 15) is 0 Å². The first-order chi connectivity index (χ1) is 9.81. The van der Waals surface area contributed by atoms with E-state index in [0.29, 0.717) is 6.42 Å². The van der Waals surface area contributed by atoms with Crippen LogP contribution < -0.4 is 4.74 Å². The molecule has 0 aromatic heterocycles. The Balaban J connectivity index is 1.67. The lowest BCUT2D eigenvalue weighted by molar-refractivity contribution is 0.121. The Kier molecular flexibility index (Phi) is 5.85. The number of hydrogen-bond acceptors (Lipinski definition) is 4. The first kappa shape index (κ1) is 14.8. The van der Waals surface area contributed by atoms with E-state index in [1.54, 1.807) is 0 Å². The van der Waals surface area contributed by atoms with Gasteiger partial charge >= 0.3 is 0 Å². The van der Waals surface area contributed by atoms with Gasteiger partial charge < -0.3 is 9.64 Å². The number of rotatable bonds is 6. The molecule has 0 aliphatic carbocycles. The largest absolute Gasteiger partial charge is 0.492 e. The third-order valence-electron chi connectivity index (χ3n) is 3.79. The molecule has 0 spiro atoms. The summed E-state index contributed by atoms with van der Waals surface area (Å²) in [6.07, 6.45) is 0.460. The van der Waals surface area contributed by atoms with Crippen LogP contribution in [0.4, 0.5) is 0 Å². The smallest absolute Gasteiger partial charge is 0.119 e. The lowest BCUT2D eigenvalue weighted by Gasteiger charge is -2.33. The Morgan fingerprint density at radius 3 is 2.35 bits per heavy atom. The van der Waals surface area contributed by atoms with Gasteiger partial charge in [-0.25, -0.2) is 0 Å². The van der Waals surface area contributed by atoms with Crippen LogP contribution in [0.1, 0.15) is 12.5 Å². The summed E-state index contributed by atoms with van der Waals surface area (Å²) in [4.78, 5) is 4.93. The van der Waals surface area contributed by atoms with E-state index < -0.39 is 0 Å². The highest BCUT2D eigenvalue weighted by Gasteiger charge is 2.14. The molecule has 0 N–H and O–H groups in total. The van der Waals surface area contributed by atoms with Crippen molar-refractivity contribution in [2.24, 2.45) is 0 Å². The topological polar surface area (TPSA) is 39.5 Å². The molecule has 1 aliphatic heterocycles. The standard InChI is InChI=1S/C16H23N3O/c1-2-18-9-11-19(12-10-18)13-14-20-16-5-3-15(4-6-16)7-8-17/h3-6H,2,7,9-14H2,1H3. The highest BCUT2D eigenvalue weighted by molar-refractivity contribution is 5.28. The maximum Gasteiger partial charge on any atom is 0.119 e. The van der Waals surface area contributed by atoms with Crippen LogP contribution in [-0.4, -0.2) is 55.7 Å². The minimum Gasteiger partial charge on any atom is -0.492 e. The van der Waals surface area contributed by atoms with Crippen LogP contribution in [0, 0.1) is 11.3 Å².